The molecule has 1 aliphatic heterocycles. The number of nitrogens with zero attached hydrogens (tertiary/aromatic N) is 2. The van der Waals surface area contributed by atoms with Crippen LogP contribution in [-0.4, -0.2) is 74.1 Å². The Hall–Kier alpha value is -1.38. The molecular formula is C19H32Cl2N4O3. The first-order valence-electron chi connectivity index (χ1n) is 9.03. The molecule has 2 rings (SSSR count). The van der Waals surface area contributed by atoms with E-state index in [0.29, 0.717) is 45.7 Å². The molecule has 0 bridgehead atoms. The fourth-order valence-electron chi connectivity index (χ4n) is 3.02. The average molecular weight is 435 g/mol. The van der Waals surface area contributed by atoms with Gasteiger partial charge in [0.05, 0.1) is 19.1 Å². The Balaban J connectivity index is 0.00000364. The lowest BCUT2D eigenvalue weighted by Crippen LogP contribution is -2.51. The highest BCUT2D eigenvalue weighted by Gasteiger charge is 2.24. The second kappa shape index (κ2) is 13.0. The van der Waals surface area contributed by atoms with Crippen LogP contribution in [0.25, 0.3) is 0 Å². The molecule has 7 nitrogen and oxygen atoms in total. The number of rotatable bonds is 7. The summed E-state index contributed by atoms with van der Waals surface area (Å²) in [7, 11) is 1.57. The summed E-state index contributed by atoms with van der Waals surface area (Å²) in [5, 5.41) is 2.98. The minimum Gasteiger partial charge on any atom is -0.380 e. The quantitative estimate of drug-likeness (QED) is 0.679. The summed E-state index contributed by atoms with van der Waals surface area (Å²) in [6.45, 7) is 7.31. The van der Waals surface area contributed by atoms with Crippen molar-refractivity contribution in [3.05, 3.63) is 29.3 Å². The Bertz CT molecular complexity index is 634. The average Bonchev–Trinajstić information content (AvgIpc) is 2.64. The zero-order chi connectivity index (χ0) is 19.1. The second-order valence-electron chi connectivity index (χ2n) is 6.75. The Morgan fingerprint density at radius 1 is 1.18 bits per heavy atom. The minimum absolute atomic E-state index is 0. The fourth-order valence-corrected chi connectivity index (χ4v) is 3.02. The van der Waals surface area contributed by atoms with Gasteiger partial charge in [0, 0.05) is 45.5 Å². The topological polar surface area (TPSA) is 87.9 Å². The normalized spacial score (nSPS) is 15.2. The smallest absolute Gasteiger partial charge is 0.238 e. The molecule has 3 N–H and O–H groups in total. The Labute approximate surface area is 179 Å². The second-order valence-corrected chi connectivity index (χ2v) is 6.75. The largest absolute Gasteiger partial charge is 0.380 e. The lowest BCUT2D eigenvalue weighted by atomic mass is 10.1. The number of carbonyl (C=O) groups excluding carboxylic acids is 2. The molecule has 1 aromatic rings. The number of piperazine rings is 1. The standard InChI is InChI=1S/C19H30N4O3.2ClH/c1-14-5-4-6-17(15(14)2)21-18(24)13-22-7-9-23(10-8-22)19(25)11-16(12-20)26-3;;/h4-6,16H,7-13,20H2,1-3H3,(H,21,24);2*1H. The molecule has 1 unspecified atom stereocenters. The van der Waals surface area contributed by atoms with Gasteiger partial charge in [0.2, 0.25) is 11.8 Å². The first-order chi connectivity index (χ1) is 12.4. The molecule has 0 aromatic heterocycles. The molecular weight excluding hydrogens is 403 g/mol. The highest BCUT2D eigenvalue weighted by atomic mass is 35.5. The van der Waals surface area contributed by atoms with Crippen LogP contribution in [0.3, 0.4) is 0 Å². The van der Waals surface area contributed by atoms with Gasteiger partial charge in [0.25, 0.3) is 0 Å². The molecule has 160 valence electrons. The van der Waals surface area contributed by atoms with Gasteiger partial charge in [-0.1, -0.05) is 12.1 Å². The van der Waals surface area contributed by atoms with Gasteiger partial charge in [-0.05, 0) is 31.0 Å². The molecule has 0 aliphatic carbocycles. The van der Waals surface area contributed by atoms with E-state index in [4.69, 9.17) is 10.5 Å². The van der Waals surface area contributed by atoms with E-state index in [2.05, 4.69) is 10.2 Å². The summed E-state index contributed by atoms with van der Waals surface area (Å²) < 4.78 is 5.17. The van der Waals surface area contributed by atoms with Gasteiger partial charge in [-0.2, -0.15) is 0 Å². The maximum Gasteiger partial charge on any atom is 0.238 e. The fraction of sp³-hybridized carbons (Fsp3) is 0.579. The number of hydrogen-bond acceptors (Lipinski definition) is 5. The third kappa shape index (κ3) is 7.56. The van der Waals surface area contributed by atoms with Crippen molar-refractivity contribution in [2.75, 3.05) is 51.7 Å². The molecule has 1 heterocycles. The highest BCUT2D eigenvalue weighted by molar-refractivity contribution is 5.93. The van der Waals surface area contributed by atoms with Crippen LogP contribution in [-0.2, 0) is 14.3 Å². The minimum atomic E-state index is -0.233. The molecule has 1 atom stereocenters. The molecule has 28 heavy (non-hydrogen) atoms. The van der Waals surface area contributed by atoms with Crippen molar-refractivity contribution < 1.29 is 14.3 Å². The van der Waals surface area contributed by atoms with Crippen molar-refractivity contribution in [3.8, 4) is 0 Å². The molecule has 1 aliphatic rings. The van der Waals surface area contributed by atoms with Gasteiger partial charge in [-0.15, -0.1) is 24.8 Å². The van der Waals surface area contributed by atoms with E-state index in [1.807, 2.05) is 36.9 Å². The number of halogens is 2. The molecule has 9 heteroatoms. The summed E-state index contributed by atoms with van der Waals surface area (Å²) >= 11 is 0. The molecule has 0 radical (unpaired) electrons. The van der Waals surface area contributed by atoms with Gasteiger partial charge in [-0.3, -0.25) is 14.5 Å². The number of hydrogen-bond donors (Lipinski definition) is 2. The highest BCUT2D eigenvalue weighted by Crippen LogP contribution is 2.18. The summed E-state index contributed by atoms with van der Waals surface area (Å²) in [6.07, 6.45) is 0.0732. The van der Waals surface area contributed by atoms with Gasteiger partial charge in [-0.25, -0.2) is 0 Å². The summed E-state index contributed by atoms with van der Waals surface area (Å²) in [6, 6.07) is 5.89. The van der Waals surface area contributed by atoms with E-state index in [1.165, 1.54) is 0 Å². The molecule has 0 saturated carbocycles. The number of nitrogens with one attached hydrogen (secondary N) is 1. The number of methoxy groups -OCH3 is 1. The lowest BCUT2D eigenvalue weighted by molar-refractivity contribution is -0.135. The number of anilines is 1. The monoisotopic (exact) mass is 434 g/mol. The predicted molar refractivity (Wildman–Crippen MR) is 117 cm³/mol. The van der Waals surface area contributed by atoms with Crippen LogP contribution >= 0.6 is 24.8 Å². The SMILES string of the molecule is COC(CN)CC(=O)N1CCN(CC(=O)Nc2cccc(C)c2C)CC1.Cl.Cl. The number of aryl methyl sites for hydroxylation is 1. The third-order valence-corrected chi connectivity index (χ3v) is 4.97. The van der Waals surface area contributed by atoms with Crippen LogP contribution in [0.5, 0.6) is 0 Å². The number of benzene rings is 1. The first-order valence-corrected chi connectivity index (χ1v) is 9.03. The van der Waals surface area contributed by atoms with E-state index in [9.17, 15) is 9.59 Å². The van der Waals surface area contributed by atoms with E-state index >= 15 is 0 Å². The van der Waals surface area contributed by atoms with Crippen molar-refractivity contribution in [1.82, 2.24) is 9.80 Å². The predicted octanol–water partition coefficient (Wildman–Crippen LogP) is 1.59. The first kappa shape index (κ1) is 26.6. The number of ether oxygens (including phenoxy) is 1. The summed E-state index contributed by atoms with van der Waals surface area (Å²) in [5.41, 5.74) is 8.67. The van der Waals surface area contributed by atoms with Crippen LogP contribution in [0, 0.1) is 13.8 Å². The van der Waals surface area contributed by atoms with Crippen LogP contribution < -0.4 is 11.1 Å². The maximum atomic E-state index is 12.3. The number of nitrogens with two attached hydrogens (primary N) is 1. The van der Waals surface area contributed by atoms with E-state index < -0.39 is 0 Å². The van der Waals surface area contributed by atoms with Crippen molar-refractivity contribution in [3.63, 3.8) is 0 Å². The van der Waals surface area contributed by atoms with Crippen molar-refractivity contribution in [2.24, 2.45) is 5.73 Å². The van der Waals surface area contributed by atoms with Crippen LogP contribution in [0.1, 0.15) is 17.5 Å². The Kier molecular flexibility index (Phi) is 12.3. The third-order valence-electron chi connectivity index (χ3n) is 4.97. The Morgan fingerprint density at radius 3 is 2.39 bits per heavy atom. The van der Waals surface area contributed by atoms with Crippen LogP contribution in [0.4, 0.5) is 5.69 Å². The summed E-state index contributed by atoms with van der Waals surface area (Å²) in [5.74, 6) is 0.0304. The van der Waals surface area contributed by atoms with E-state index in [1.54, 1.807) is 7.11 Å². The molecule has 1 saturated heterocycles. The van der Waals surface area contributed by atoms with Crippen molar-refractivity contribution >= 4 is 42.3 Å². The van der Waals surface area contributed by atoms with Crippen LogP contribution in [0.2, 0.25) is 0 Å². The zero-order valence-electron chi connectivity index (χ0n) is 16.8. The maximum absolute atomic E-state index is 12.3. The van der Waals surface area contributed by atoms with Crippen molar-refractivity contribution in [1.29, 1.82) is 0 Å². The zero-order valence-corrected chi connectivity index (χ0v) is 18.4. The molecule has 0 spiro atoms. The van der Waals surface area contributed by atoms with Crippen LogP contribution in [0.15, 0.2) is 18.2 Å². The van der Waals surface area contributed by atoms with Gasteiger partial charge in [0.15, 0.2) is 0 Å². The van der Waals surface area contributed by atoms with Gasteiger partial charge in [0.1, 0.15) is 0 Å². The number of carbonyl (C=O) groups is 2. The lowest BCUT2D eigenvalue weighted by Gasteiger charge is -2.34. The van der Waals surface area contributed by atoms with Gasteiger partial charge < -0.3 is 20.7 Å². The molecule has 1 aromatic carbocycles. The van der Waals surface area contributed by atoms with Gasteiger partial charge >= 0.3 is 0 Å². The Morgan fingerprint density at radius 2 is 1.82 bits per heavy atom. The van der Waals surface area contributed by atoms with E-state index in [0.717, 1.165) is 16.8 Å². The van der Waals surface area contributed by atoms with Crippen molar-refractivity contribution in [2.45, 2.75) is 26.4 Å². The molecule has 2 amide bonds. The summed E-state index contributed by atoms with van der Waals surface area (Å²) in [4.78, 5) is 28.5. The number of amides is 2. The van der Waals surface area contributed by atoms with E-state index in [-0.39, 0.29) is 42.7 Å². The molecule has 1 fully saturated rings.